The second-order valence-electron chi connectivity index (χ2n) is 8.71. The number of piperidine rings is 2. The van der Waals surface area contributed by atoms with Gasteiger partial charge in [-0.3, -0.25) is 9.59 Å². The van der Waals surface area contributed by atoms with Crippen LogP contribution in [0.1, 0.15) is 62.5 Å². The zero-order valence-corrected chi connectivity index (χ0v) is 19.9. The Bertz CT molecular complexity index is 841. The number of likely N-dealkylation sites (tertiary alicyclic amines) is 2. The summed E-state index contributed by atoms with van der Waals surface area (Å²) in [5.41, 5.74) is 9.31. The molecule has 0 aromatic heterocycles. The van der Waals surface area contributed by atoms with Gasteiger partial charge >= 0.3 is 0 Å². The molecule has 2 aliphatic rings. The second kappa shape index (κ2) is 11.4. The van der Waals surface area contributed by atoms with Gasteiger partial charge in [0.2, 0.25) is 11.8 Å². The Labute approximate surface area is 196 Å². The fourth-order valence-electron chi connectivity index (χ4n) is 4.70. The van der Waals surface area contributed by atoms with Crippen molar-refractivity contribution in [2.24, 2.45) is 0 Å². The summed E-state index contributed by atoms with van der Waals surface area (Å²) >= 11 is 6.18. The second-order valence-corrected chi connectivity index (χ2v) is 9.12. The van der Waals surface area contributed by atoms with Crippen molar-refractivity contribution >= 4 is 29.1 Å². The van der Waals surface area contributed by atoms with Gasteiger partial charge in [-0.25, -0.2) is 0 Å². The first-order chi connectivity index (χ1) is 15.4. The minimum Gasteiger partial charge on any atom is -0.398 e. The van der Waals surface area contributed by atoms with Crippen molar-refractivity contribution in [2.45, 2.75) is 51.4 Å². The topological polar surface area (TPSA) is 66.6 Å². The van der Waals surface area contributed by atoms with Crippen molar-refractivity contribution in [1.29, 1.82) is 0 Å². The van der Waals surface area contributed by atoms with Crippen LogP contribution in [-0.4, -0.2) is 47.8 Å². The maximum atomic E-state index is 11.2. The molecule has 2 heterocycles. The Morgan fingerprint density at radius 2 is 1.16 bits per heavy atom. The van der Waals surface area contributed by atoms with Gasteiger partial charge in [0, 0.05) is 50.7 Å². The minimum atomic E-state index is 0.178. The third kappa shape index (κ3) is 6.26. The summed E-state index contributed by atoms with van der Waals surface area (Å²) < 4.78 is 0. The van der Waals surface area contributed by atoms with Crippen molar-refractivity contribution in [2.75, 3.05) is 31.9 Å². The van der Waals surface area contributed by atoms with Crippen molar-refractivity contribution in [1.82, 2.24) is 9.80 Å². The average molecular weight is 456 g/mol. The first-order valence-electron chi connectivity index (χ1n) is 11.5. The molecule has 2 saturated heterocycles. The van der Waals surface area contributed by atoms with Crippen molar-refractivity contribution in [3.63, 3.8) is 0 Å². The molecule has 0 saturated carbocycles. The number of hydrogen-bond acceptors (Lipinski definition) is 3. The molecule has 0 radical (unpaired) electrons. The van der Waals surface area contributed by atoms with Crippen molar-refractivity contribution in [3.8, 4) is 0 Å². The first kappa shape index (κ1) is 24.1. The third-order valence-corrected chi connectivity index (χ3v) is 7.01. The van der Waals surface area contributed by atoms with E-state index in [2.05, 4.69) is 12.1 Å². The summed E-state index contributed by atoms with van der Waals surface area (Å²) in [6, 6.07) is 16.1. The van der Waals surface area contributed by atoms with Gasteiger partial charge in [0.25, 0.3) is 0 Å². The number of amides is 2. The van der Waals surface area contributed by atoms with Gasteiger partial charge in [0.05, 0.1) is 0 Å². The van der Waals surface area contributed by atoms with Crippen molar-refractivity contribution in [3.05, 3.63) is 64.7 Å². The monoisotopic (exact) mass is 455 g/mol. The van der Waals surface area contributed by atoms with Crippen LogP contribution in [0.2, 0.25) is 5.02 Å². The number of carbonyl (C=O) groups excluding carboxylic acids is 2. The Balaban J connectivity index is 0.000000181. The molecule has 2 aromatic rings. The van der Waals surface area contributed by atoms with E-state index in [0.717, 1.165) is 62.6 Å². The number of hydrogen-bond donors (Lipinski definition) is 1. The number of halogens is 1. The van der Waals surface area contributed by atoms with Crippen LogP contribution in [0.4, 0.5) is 5.69 Å². The number of nitrogen functional groups attached to an aromatic ring is 1. The molecule has 0 unspecified atom stereocenters. The summed E-state index contributed by atoms with van der Waals surface area (Å²) in [4.78, 5) is 26.2. The Kier molecular flexibility index (Phi) is 8.57. The van der Waals surface area contributed by atoms with E-state index in [1.165, 1.54) is 11.1 Å². The molecular weight excluding hydrogens is 422 g/mol. The molecule has 6 heteroatoms. The Morgan fingerprint density at radius 1 is 0.750 bits per heavy atom. The van der Waals surface area contributed by atoms with Crippen LogP contribution in [0.3, 0.4) is 0 Å². The molecule has 4 rings (SSSR count). The van der Waals surface area contributed by atoms with Gasteiger partial charge in [-0.15, -0.1) is 0 Å². The normalized spacial score (nSPS) is 17.5. The molecule has 2 amide bonds. The molecular formula is C26H34ClN3O2. The molecule has 0 spiro atoms. The number of para-hydroxylation sites is 1. The summed E-state index contributed by atoms with van der Waals surface area (Å²) in [5.74, 6) is 1.37. The van der Waals surface area contributed by atoms with Crippen LogP contribution in [0.25, 0.3) is 0 Å². The predicted octanol–water partition coefficient (Wildman–Crippen LogP) is 5.06. The van der Waals surface area contributed by atoms with E-state index in [1.807, 2.05) is 46.2 Å². The highest BCUT2D eigenvalue weighted by atomic mass is 35.5. The lowest BCUT2D eigenvalue weighted by molar-refractivity contribution is -0.130. The number of rotatable bonds is 2. The Morgan fingerprint density at radius 3 is 1.59 bits per heavy atom. The summed E-state index contributed by atoms with van der Waals surface area (Å²) in [7, 11) is 0. The molecule has 2 fully saturated rings. The van der Waals surface area contributed by atoms with Gasteiger partial charge in [0.15, 0.2) is 0 Å². The molecule has 0 atom stereocenters. The van der Waals surface area contributed by atoms with E-state index in [-0.39, 0.29) is 11.8 Å². The Hall–Kier alpha value is -2.53. The van der Waals surface area contributed by atoms with Crippen LogP contribution in [0, 0.1) is 0 Å². The molecule has 172 valence electrons. The zero-order chi connectivity index (χ0) is 23.1. The lowest BCUT2D eigenvalue weighted by Gasteiger charge is -2.32. The molecule has 0 bridgehead atoms. The molecule has 32 heavy (non-hydrogen) atoms. The highest BCUT2D eigenvalue weighted by Crippen LogP contribution is 2.33. The summed E-state index contributed by atoms with van der Waals surface area (Å²) in [5, 5.41) is 0.851. The van der Waals surface area contributed by atoms with Crippen LogP contribution in [0.15, 0.2) is 48.5 Å². The molecule has 2 aromatic carbocycles. The van der Waals surface area contributed by atoms with Gasteiger partial charge < -0.3 is 15.5 Å². The van der Waals surface area contributed by atoms with E-state index in [4.69, 9.17) is 17.3 Å². The van der Waals surface area contributed by atoms with Gasteiger partial charge in [-0.2, -0.15) is 0 Å². The predicted molar refractivity (Wildman–Crippen MR) is 131 cm³/mol. The fraction of sp³-hybridized carbons (Fsp3) is 0.462. The quantitative estimate of drug-likeness (QED) is 0.643. The number of carbonyl (C=O) groups is 2. The van der Waals surface area contributed by atoms with E-state index in [1.54, 1.807) is 13.8 Å². The maximum absolute atomic E-state index is 11.2. The number of benzene rings is 2. The van der Waals surface area contributed by atoms with E-state index < -0.39 is 0 Å². The maximum Gasteiger partial charge on any atom is 0.219 e. The van der Waals surface area contributed by atoms with Crippen LogP contribution in [0.5, 0.6) is 0 Å². The van der Waals surface area contributed by atoms with Gasteiger partial charge in [-0.1, -0.05) is 48.0 Å². The zero-order valence-electron chi connectivity index (χ0n) is 19.1. The SMILES string of the molecule is CC(=O)N1CCC(c2ccccc2Cl)CC1.CC(=O)N1CCC(c2ccccc2N)CC1. The van der Waals surface area contributed by atoms with Crippen molar-refractivity contribution < 1.29 is 9.59 Å². The minimum absolute atomic E-state index is 0.178. The number of anilines is 1. The molecule has 2 N–H and O–H groups in total. The summed E-state index contributed by atoms with van der Waals surface area (Å²) in [6.45, 7) is 6.69. The standard InChI is InChI=1S/C13H16ClNO.C13H18N2O/c2*1-10(16)15-8-6-11(7-9-15)12-4-2-3-5-13(12)14/h2-5,11H,6-9H2,1H3;2-5,11H,6-9,14H2,1H3. The largest absolute Gasteiger partial charge is 0.398 e. The molecule has 2 aliphatic heterocycles. The highest BCUT2D eigenvalue weighted by molar-refractivity contribution is 6.31. The average Bonchev–Trinajstić information content (AvgIpc) is 2.80. The van der Waals surface area contributed by atoms with E-state index in [0.29, 0.717) is 11.8 Å². The number of nitrogens with zero attached hydrogens (tertiary/aromatic N) is 2. The van der Waals surface area contributed by atoms with Crippen LogP contribution >= 0.6 is 11.6 Å². The fourth-order valence-corrected chi connectivity index (χ4v) is 4.99. The molecule has 5 nitrogen and oxygen atoms in total. The third-order valence-electron chi connectivity index (χ3n) is 6.66. The first-order valence-corrected chi connectivity index (χ1v) is 11.8. The molecule has 0 aliphatic carbocycles. The van der Waals surface area contributed by atoms with Gasteiger partial charge in [0.1, 0.15) is 0 Å². The smallest absolute Gasteiger partial charge is 0.219 e. The van der Waals surface area contributed by atoms with Crippen LogP contribution in [-0.2, 0) is 9.59 Å². The number of nitrogens with two attached hydrogens (primary N) is 1. The van der Waals surface area contributed by atoms with Gasteiger partial charge in [-0.05, 0) is 60.8 Å². The summed E-state index contributed by atoms with van der Waals surface area (Å²) in [6.07, 6.45) is 4.08. The highest BCUT2D eigenvalue weighted by Gasteiger charge is 2.24. The van der Waals surface area contributed by atoms with Crippen LogP contribution < -0.4 is 5.73 Å². The van der Waals surface area contributed by atoms with E-state index in [9.17, 15) is 9.59 Å². The lowest BCUT2D eigenvalue weighted by Crippen LogP contribution is -2.36. The lowest BCUT2D eigenvalue weighted by atomic mass is 9.88. The van der Waals surface area contributed by atoms with E-state index >= 15 is 0 Å².